The number of anilines is 1. The molecule has 1 amide bonds. The highest BCUT2D eigenvalue weighted by Crippen LogP contribution is 2.27. The van der Waals surface area contributed by atoms with Crippen LogP contribution in [0, 0.1) is 11.3 Å². The molecule has 0 bridgehead atoms. The predicted octanol–water partition coefficient (Wildman–Crippen LogP) is 3.58. The molecular formula is C22H25N3O4S. The van der Waals surface area contributed by atoms with Crippen LogP contribution in [0.2, 0.25) is 0 Å². The first-order valence-corrected chi connectivity index (χ1v) is 11.3. The number of hydrogen-bond donors (Lipinski definition) is 1. The van der Waals surface area contributed by atoms with Crippen LogP contribution in [0.5, 0.6) is 5.75 Å². The average Bonchev–Trinajstić information content (AvgIpc) is 3.05. The fourth-order valence-electron chi connectivity index (χ4n) is 3.45. The Morgan fingerprint density at radius 3 is 2.37 bits per heavy atom. The molecule has 0 radical (unpaired) electrons. The van der Waals surface area contributed by atoms with Crippen LogP contribution in [-0.2, 0) is 16.4 Å². The van der Waals surface area contributed by atoms with Crippen LogP contribution in [0.3, 0.4) is 0 Å². The lowest BCUT2D eigenvalue weighted by molar-refractivity contribution is 0.102. The van der Waals surface area contributed by atoms with E-state index >= 15 is 0 Å². The number of nitriles is 1. The van der Waals surface area contributed by atoms with Gasteiger partial charge in [0.15, 0.2) is 0 Å². The van der Waals surface area contributed by atoms with E-state index in [2.05, 4.69) is 11.4 Å². The monoisotopic (exact) mass is 427 g/mol. The minimum Gasteiger partial charge on any atom is -0.496 e. The number of nitrogens with zero attached hydrogens (tertiary/aromatic N) is 2. The van der Waals surface area contributed by atoms with Gasteiger partial charge in [0.05, 0.1) is 30.1 Å². The molecule has 0 atom stereocenters. The largest absolute Gasteiger partial charge is 0.496 e. The third-order valence-corrected chi connectivity index (χ3v) is 7.01. The quantitative estimate of drug-likeness (QED) is 0.760. The lowest BCUT2D eigenvalue weighted by Crippen LogP contribution is -2.32. The van der Waals surface area contributed by atoms with Gasteiger partial charge in [-0.3, -0.25) is 4.79 Å². The zero-order valence-electron chi connectivity index (χ0n) is 16.9. The van der Waals surface area contributed by atoms with E-state index in [0.717, 1.165) is 31.2 Å². The number of benzene rings is 2. The molecule has 1 aliphatic rings. The van der Waals surface area contributed by atoms with Gasteiger partial charge in [0.2, 0.25) is 10.0 Å². The lowest BCUT2D eigenvalue weighted by atomic mass is 10.1. The van der Waals surface area contributed by atoms with Gasteiger partial charge in [0, 0.05) is 18.8 Å². The molecule has 1 saturated heterocycles. The zero-order chi connectivity index (χ0) is 21.6. The van der Waals surface area contributed by atoms with E-state index in [1.165, 1.54) is 29.6 Å². The molecular weight excluding hydrogens is 402 g/mol. The normalized spacial score (nSPS) is 15.1. The van der Waals surface area contributed by atoms with Crippen LogP contribution in [0.15, 0.2) is 47.4 Å². The van der Waals surface area contributed by atoms with Gasteiger partial charge in [0.1, 0.15) is 5.75 Å². The van der Waals surface area contributed by atoms with Crippen molar-refractivity contribution < 1.29 is 17.9 Å². The van der Waals surface area contributed by atoms with Gasteiger partial charge in [-0.25, -0.2) is 8.42 Å². The average molecular weight is 428 g/mol. The minimum absolute atomic E-state index is 0.0831. The van der Waals surface area contributed by atoms with Crippen LogP contribution in [0.25, 0.3) is 0 Å². The number of rotatable bonds is 6. The summed E-state index contributed by atoms with van der Waals surface area (Å²) in [5, 5.41) is 11.5. The number of sulfonamides is 1. The van der Waals surface area contributed by atoms with E-state index in [1.54, 1.807) is 24.3 Å². The molecule has 0 aromatic heterocycles. The molecule has 8 heteroatoms. The maximum atomic E-state index is 13.1. The number of carbonyl (C=O) groups excluding carboxylic acids is 1. The number of methoxy groups -OCH3 is 1. The van der Waals surface area contributed by atoms with E-state index in [9.17, 15) is 13.2 Å². The first-order valence-electron chi connectivity index (χ1n) is 9.91. The van der Waals surface area contributed by atoms with Gasteiger partial charge in [-0.15, -0.1) is 0 Å². The van der Waals surface area contributed by atoms with Crippen LogP contribution >= 0.6 is 0 Å². The Balaban J connectivity index is 1.86. The molecule has 2 aromatic rings. The zero-order valence-corrected chi connectivity index (χ0v) is 17.7. The first-order chi connectivity index (χ1) is 14.5. The SMILES string of the molecule is COc1ccc(S(=O)(=O)N2CCCCCC2)cc1C(=O)Nc1ccc(CC#N)cc1. The highest BCUT2D eigenvalue weighted by molar-refractivity contribution is 7.89. The second-order valence-electron chi connectivity index (χ2n) is 7.17. The van der Waals surface area contributed by atoms with E-state index in [0.29, 0.717) is 30.9 Å². The smallest absolute Gasteiger partial charge is 0.259 e. The van der Waals surface area contributed by atoms with Gasteiger partial charge in [-0.2, -0.15) is 9.57 Å². The summed E-state index contributed by atoms with van der Waals surface area (Å²) in [4.78, 5) is 12.9. The molecule has 7 nitrogen and oxygen atoms in total. The number of nitrogens with one attached hydrogen (secondary N) is 1. The van der Waals surface area contributed by atoms with E-state index < -0.39 is 15.9 Å². The van der Waals surface area contributed by atoms with Crippen molar-refractivity contribution in [3.63, 3.8) is 0 Å². The van der Waals surface area contributed by atoms with Crippen molar-refractivity contribution in [1.29, 1.82) is 5.26 Å². The van der Waals surface area contributed by atoms with Crippen LogP contribution in [-0.4, -0.2) is 38.8 Å². The minimum atomic E-state index is -3.68. The Bertz CT molecular complexity index is 1040. The van der Waals surface area contributed by atoms with E-state index in [1.807, 2.05) is 0 Å². The summed E-state index contributed by atoms with van der Waals surface area (Å²) >= 11 is 0. The van der Waals surface area contributed by atoms with Gasteiger partial charge in [-0.05, 0) is 48.7 Å². The maximum Gasteiger partial charge on any atom is 0.259 e. The summed E-state index contributed by atoms with van der Waals surface area (Å²) in [5.41, 5.74) is 1.54. The molecule has 2 aromatic carbocycles. The van der Waals surface area contributed by atoms with Crippen LogP contribution in [0.1, 0.15) is 41.6 Å². The molecule has 0 aliphatic carbocycles. The van der Waals surface area contributed by atoms with Gasteiger partial charge in [-0.1, -0.05) is 25.0 Å². The predicted molar refractivity (Wildman–Crippen MR) is 114 cm³/mol. The number of ether oxygens (including phenoxy) is 1. The third-order valence-electron chi connectivity index (χ3n) is 5.11. The molecule has 1 fully saturated rings. The standard InChI is InChI=1S/C22H25N3O4S/c1-29-21-11-10-19(30(27,28)25-14-4-2-3-5-15-25)16-20(21)22(26)24-18-8-6-17(7-9-18)12-13-23/h6-11,16H,2-5,12,14-15H2,1H3,(H,24,26). The molecule has 0 spiro atoms. The number of hydrogen-bond acceptors (Lipinski definition) is 5. The highest BCUT2D eigenvalue weighted by atomic mass is 32.2. The highest BCUT2D eigenvalue weighted by Gasteiger charge is 2.27. The van der Waals surface area contributed by atoms with E-state index in [-0.39, 0.29) is 10.5 Å². The fourth-order valence-corrected chi connectivity index (χ4v) is 5.00. The van der Waals surface area contributed by atoms with Crippen molar-refractivity contribution in [3.05, 3.63) is 53.6 Å². The van der Waals surface area contributed by atoms with Gasteiger partial charge >= 0.3 is 0 Å². The summed E-state index contributed by atoms with van der Waals surface area (Å²) in [6.07, 6.45) is 4.01. The second kappa shape index (κ2) is 9.74. The van der Waals surface area contributed by atoms with Gasteiger partial charge < -0.3 is 10.1 Å². The Labute approximate surface area is 177 Å². The summed E-state index contributed by atoms with van der Waals surface area (Å²) in [6, 6.07) is 13.4. The third kappa shape index (κ3) is 4.99. The molecule has 30 heavy (non-hydrogen) atoms. The second-order valence-corrected chi connectivity index (χ2v) is 9.10. The fraction of sp³-hybridized carbons (Fsp3) is 0.364. The van der Waals surface area contributed by atoms with Crippen molar-refractivity contribution >= 4 is 21.6 Å². The van der Waals surface area contributed by atoms with Crippen molar-refractivity contribution in [1.82, 2.24) is 4.31 Å². The van der Waals surface area contributed by atoms with E-state index in [4.69, 9.17) is 10.00 Å². The Morgan fingerprint density at radius 2 is 1.77 bits per heavy atom. The lowest BCUT2D eigenvalue weighted by Gasteiger charge is -2.20. The summed E-state index contributed by atoms with van der Waals surface area (Å²) in [5.74, 6) is -0.170. The molecule has 0 unspecified atom stereocenters. The van der Waals surface area contributed by atoms with Crippen LogP contribution in [0.4, 0.5) is 5.69 Å². The topological polar surface area (TPSA) is 99.5 Å². The van der Waals surface area contributed by atoms with Gasteiger partial charge in [0.25, 0.3) is 5.91 Å². The molecule has 1 heterocycles. The van der Waals surface area contributed by atoms with Crippen molar-refractivity contribution in [2.45, 2.75) is 37.0 Å². The van der Waals surface area contributed by atoms with Crippen molar-refractivity contribution in [2.75, 3.05) is 25.5 Å². The summed E-state index contributed by atoms with van der Waals surface area (Å²) in [6.45, 7) is 0.982. The molecule has 158 valence electrons. The summed E-state index contributed by atoms with van der Waals surface area (Å²) < 4.78 is 33.0. The Morgan fingerprint density at radius 1 is 1.10 bits per heavy atom. The number of carbonyl (C=O) groups is 1. The molecule has 1 aliphatic heterocycles. The Kier molecular flexibility index (Phi) is 7.08. The van der Waals surface area contributed by atoms with Crippen molar-refractivity contribution in [3.8, 4) is 11.8 Å². The van der Waals surface area contributed by atoms with Crippen LogP contribution < -0.4 is 10.1 Å². The molecule has 3 rings (SSSR count). The van der Waals surface area contributed by atoms with Crippen molar-refractivity contribution in [2.24, 2.45) is 0 Å². The summed E-state index contributed by atoms with van der Waals surface area (Å²) in [7, 11) is -2.25. The number of amides is 1. The molecule has 1 N–H and O–H groups in total. The Hall–Kier alpha value is -2.89. The maximum absolute atomic E-state index is 13.1. The first kappa shape index (κ1) is 21.8. The molecule has 0 saturated carbocycles.